The number of carbonyl (C=O) groups is 2. The molecule has 1 aromatic carbocycles. The molecule has 1 aromatic rings. The second-order valence-corrected chi connectivity index (χ2v) is 5.67. The molecule has 1 rings (SSSR count). The number of ether oxygens (including phenoxy) is 2. The van der Waals surface area contributed by atoms with Crippen LogP contribution in [0.1, 0.15) is 26.3 Å². The minimum atomic E-state index is -0.878. The van der Waals surface area contributed by atoms with E-state index in [1.807, 2.05) is 45.0 Å². The molecule has 0 bridgehead atoms. The first kappa shape index (κ1) is 18.9. The monoisotopic (exact) mass is 319 g/mol. The second kappa shape index (κ2) is 9.10. The Morgan fingerprint density at radius 1 is 1.26 bits per heavy atom. The number of amides is 1. The van der Waals surface area contributed by atoms with Crippen molar-refractivity contribution in [1.82, 2.24) is 0 Å². The van der Waals surface area contributed by atoms with E-state index in [1.165, 1.54) is 0 Å². The Balaban J connectivity index is 2.74. The van der Waals surface area contributed by atoms with Crippen LogP contribution in [-0.4, -0.2) is 30.7 Å². The first-order valence-corrected chi connectivity index (χ1v) is 7.66. The van der Waals surface area contributed by atoms with Crippen molar-refractivity contribution >= 4 is 17.6 Å². The van der Waals surface area contributed by atoms with Gasteiger partial charge >= 0.3 is 5.97 Å². The topological polar surface area (TPSA) is 64.6 Å². The molecule has 0 radical (unpaired) electrons. The summed E-state index contributed by atoms with van der Waals surface area (Å²) < 4.78 is 10.6. The molecule has 1 N–H and O–H groups in total. The predicted octanol–water partition coefficient (Wildman–Crippen LogP) is 3.09. The van der Waals surface area contributed by atoms with E-state index < -0.39 is 18.2 Å². The minimum absolute atomic E-state index is 0.158. The second-order valence-electron chi connectivity index (χ2n) is 5.67. The fourth-order valence-electron chi connectivity index (χ4n) is 1.91. The number of rotatable bonds is 8. The van der Waals surface area contributed by atoms with Gasteiger partial charge in [0.05, 0.1) is 6.61 Å². The van der Waals surface area contributed by atoms with Crippen LogP contribution in [0.25, 0.3) is 0 Å². The summed E-state index contributed by atoms with van der Waals surface area (Å²) in [5.41, 5.74) is 1.65. The summed E-state index contributed by atoms with van der Waals surface area (Å²) in [7, 11) is 0. The van der Waals surface area contributed by atoms with Gasteiger partial charge in [0.15, 0.2) is 12.2 Å². The van der Waals surface area contributed by atoms with E-state index in [0.29, 0.717) is 5.69 Å². The smallest absolute Gasteiger partial charge is 0.335 e. The average Bonchev–Trinajstić information content (AvgIpc) is 2.51. The Hall–Kier alpha value is -2.14. The number of hydrogen-bond acceptors (Lipinski definition) is 4. The van der Waals surface area contributed by atoms with Crippen molar-refractivity contribution < 1.29 is 19.1 Å². The molecule has 0 saturated carbocycles. The normalized spacial score (nSPS) is 13.3. The standard InChI is InChI=1S/C18H25NO4/c1-6-11-22-14(5)18(21)23-16(12(2)3)17(20)19-15-10-8-7-9-13(15)4/h6-10,12,14,16H,1,11H2,2-5H3,(H,19,20). The van der Waals surface area contributed by atoms with Gasteiger partial charge in [-0.15, -0.1) is 6.58 Å². The van der Waals surface area contributed by atoms with E-state index in [0.717, 1.165) is 5.56 Å². The summed E-state index contributed by atoms with van der Waals surface area (Å²) in [5, 5.41) is 2.81. The highest BCUT2D eigenvalue weighted by Crippen LogP contribution is 2.16. The van der Waals surface area contributed by atoms with Gasteiger partial charge in [-0.3, -0.25) is 4.79 Å². The molecule has 0 aliphatic heterocycles. The molecule has 1 amide bonds. The lowest BCUT2D eigenvalue weighted by atomic mass is 10.1. The SMILES string of the molecule is C=CCOC(C)C(=O)OC(C(=O)Nc1ccccc1C)C(C)C. The highest BCUT2D eigenvalue weighted by Gasteiger charge is 2.29. The van der Waals surface area contributed by atoms with Crippen molar-refractivity contribution in [2.75, 3.05) is 11.9 Å². The Morgan fingerprint density at radius 3 is 2.48 bits per heavy atom. The molecule has 5 heteroatoms. The fourth-order valence-corrected chi connectivity index (χ4v) is 1.91. The number of aryl methyl sites for hydroxylation is 1. The lowest BCUT2D eigenvalue weighted by Crippen LogP contribution is -2.39. The van der Waals surface area contributed by atoms with Gasteiger partial charge in [-0.25, -0.2) is 4.79 Å². The molecule has 0 saturated heterocycles. The van der Waals surface area contributed by atoms with E-state index in [-0.39, 0.29) is 18.4 Å². The molecule has 2 atom stereocenters. The summed E-state index contributed by atoms with van der Waals surface area (Å²) in [6, 6.07) is 7.44. The van der Waals surface area contributed by atoms with Crippen LogP contribution >= 0.6 is 0 Å². The van der Waals surface area contributed by atoms with Crippen LogP contribution in [0.2, 0.25) is 0 Å². The van der Waals surface area contributed by atoms with E-state index in [2.05, 4.69) is 11.9 Å². The number of nitrogens with one attached hydrogen (secondary N) is 1. The number of hydrogen-bond donors (Lipinski definition) is 1. The maximum Gasteiger partial charge on any atom is 0.335 e. The molecule has 0 aliphatic carbocycles. The number of anilines is 1. The Labute approximate surface area is 137 Å². The van der Waals surface area contributed by atoms with Gasteiger partial charge in [0, 0.05) is 5.69 Å². The lowest BCUT2D eigenvalue weighted by molar-refractivity contribution is -0.166. The molecule has 5 nitrogen and oxygen atoms in total. The van der Waals surface area contributed by atoms with E-state index in [4.69, 9.17) is 9.47 Å². The van der Waals surface area contributed by atoms with Crippen LogP contribution in [-0.2, 0) is 19.1 Å². The summed E-state index contributed by atoms with van der Waals surface area (Å²) in [4.78, 5) is 24.5. The Bertz CT molecular complexity index is 554. The molecule has 126 valence electrons. The maximum atomic E-state index is 12.4. The number of carbonyl (C=O) groups excluding carboxylic acids is 2. The number of esters is 1. The van der Waals surface area contributed by atoms with Gasteiger partial charge in [-0.1, -0.05) is 38.1 Å². The van der Waals surface area contributed by atoms with E-state index >= 15 is 0 Å². The van der Waals surface area contributed by atoms with Gasteiger partial charge in [-0.05, 0) is 31.4 Å². The highest BCUT2D eigenvalue weighted by atomic mass is 16.6. The lowest BCUT2D eigenvalue weighted by Gasteiger charge is -2.23. The van der Waals surface area contributed by atoms with Crippen molar-refractivity contribution in [3.8, 4) is 0 Å². The highest BCUT2D eigenvalue weighted by molar-refractivity contribution is 5.96. The van der Waals surface area contributed by atoms with Gasteiger partial charge < -0.3 is 14.8 Å². The van der Waals surface area contributed by atoms with E-state index in [9.17, 15) is 9.59 Å². The van der Waals surface area contributed by atoms with Crippen LogP contribution < -0.4 is 5.32 Å². The summed E-state index contributed by atoms with van der Waals surface area (Å²) >= 11 is 0. The van der Waals surface area contributed by atoms with Crippen molar-refractivity contribution in [3.63, 3.8) is 0 Å². The maximum absolute atomic E-state index is 12.4. The van der Waals surface area contributed by atoms with Crippen LogP contribution in [0, 0.1) is 12.8 Å². The Kier molecular flexibility index (Phi) is 7.48. The van der Waals surface area contributed by atoms with Gasteiger partial charge in [-0.2, -0.15) is 0 Å². The van der Waals surface area contributed by atoms with Crippen LogP contribution in [0.5, 0.6) is 0 Å². The molecule has 0 spiro atoms. The first-order valence-electron chi connectivity index (χ1n) is 7.66. The first-order chi connectivity index (χ1) is 10.9. The van der Waals surface area contributed by atoms with Crippen LogP contribution in [0.15, 0.2) is 36.9 Å². The molecular weight excluding hydrogens is 294 g/mol. The Morgan fingerprint density at radius 2 is 1.91 bits per heavy atom. The largest absolute Gasteiger partial charge is 0.450 e. The molecular formula is C18H25NO4. The predicted molar refractivity (Wildman–Crippen MR) is 90.1 cm³/mol. The average molecular weight is 319 g/mol. The minimum Gasteiger partial charge on any atom is -0.450 e. The summed E-state index contributed by atoms with van der Waals surface area (Å²) in [5.74, 6) is -1.07. The molecule has 0 aromatic heterocycles. The number of benzene rings is 1. The van der Waals surface area contributed by atoms with Crippen LogP contribution in [0.3, 0.4) is 0 Å². The number of para-hydroxylation sites is 1. The third-order valence-electron chi connectivity index (χ3n) is 3.31. The molecule has 0 heterocycles. The zero-order valence-electron chi connectivity index (χ0n) is 14.2. The van der Waals surface area contributed by atoms with Crippen molar-refractivity contribution in [2.45, 2.75) is 39.9 Å². The van der Waals surface area contributed by atoms with Crippen LogP contribution in [0.4, 0.5) is 5.69 Å². The van der Waals surface area contributed by atoms with Crippen molar-refractivity contribution in [1.29, 1.82) is 0 Å². The zero-order valence-corrected chi connectivity index (χ0v) is 14.2. The summed E-state index contributed by atoms with van der Waals surface area (Å²) in [6.45, 7) is 10.9. The van der Waals surface area contributed by atoms with Crippen molar-refractivity contribution in [2.24, 2.45) is 5.92 Å². The van der Waals surface area contributed by atoms with Gasteiger partial charge in [0.25, 0.3) is 5.91 Å². The quantitative estimate of drug-likeness (QED) is 0.591. The van der Waals surface area contributed by atoms with Gasteiger partial charge in [0.1, 0.15) is 0 Å². The zero-order chi connectivity index (χ0) is 17.4. The third-order valence-corrected chi connectivity index (χ3v) is 3.31. The molecule has 0 fully saturated rings. The van der Waals surface area contributed by atoms with Gasteiger partial charge in [0.2, 0.25) is 0 Å². The van der Waals surface area contributed by atoms with E-state index in [1.54, 1.807) is 13.0 Å². The molecule has 23 heavy (non-hydrogen) atoms. The fraction of sp³-hybridized carbons (Fsp3) is 0.444. The summed E-state index contributed by atoms with van der Waals surface area (Å²) in [6.07, 6.45) is -0.0772. The third kappa shape index (κ3) is 5.87. The molecule has 0 aliphatic rings. The van der Waals surface area contributed by atoms with Crippen molar-refractivity contribution in [3.05, 3.63) is 42.5 Å². The molecule has 2 unspecified atom stereocenters.